The number of hydrogen-bond donors (Lipinski definition) is 0. The van der Waals surface area contributed by atoms with E-state index < -0.39 is 0 Å². The highest BCUT2D eigenvalue weighted by atomic mass is 16.5. The first kappa shape index (κ1) is 15.8. The summed E-state index contributed by atoms with van der Waals surface area (Å²) in [5.74, 6) is 1.20. The van der Waals surface area contributed by atoms with Crippen LogP contribution in [0, 0.1) is 17.3 Å². The SMILES string of the molecule is CC(C)=CC1C(C(=O)Oc2ccccc2C(C)C)C1(C)C. The molecule has 1 fully saturated rings. The molecule has 2 nitrogen and oxygen atoms in total. The van der Waals surface area contributed by atoms with Gasteiger partial charge in [0, 0.05) is 0 Å². The number of benzene rings is 1. The monoisotopic (exact) mass is 286 g/mol. The van der Waals surface area contributed by atoms with Gasteiger partial charge in [-0.1, -0.05) is 57.5 Å². The number of esters is 1. The maximum Gasteiger partial charge on any atom is 0.315 e. The smallest absolute Gasteiger partial charge is 0.315 e. The van der Waals surface area contributed by atoms with E-state index in [9.17, 15) is 4.79 Å². The molecule has 1 aliphatic carbocycles. The van der Waals surface area contributed by atoms with Crippen LogP contribution in [0.5, 0.6) is 5.75 Å². The van der Waals surface area contributed by atoms with Crippen LogP contribution >= 0.6 is 0 Å². The molecule has 0 amide bonds. The fourth-order valence-corrected chi connectivity index (χ4v) is 3.02. The highest BCUT2D eigenvalue weighted by molar-refractivity contribution is 5.80. The second-order valence-corrected chi connectivity index (χ2v) is 7.18. The molecule has 114 valence electrons. The summed E-state index contributed by atoms with van der Waals surface area (Å²) in [7, 11) is 0. The minimum absolute atomic E-state index is 0.00112. The van der Waals surface area contributed by atoms with Crippen molar-refractivity contribution in [2.45, 2.75) is 47.5 Å². The van der Waals surface area contributed by atoms with Gasteiger partial charge in [0.05, 0.1) is 5.92 Å². The van der Waals surface area contributed by atoms with Crippen molar-refractivity contribution in [1.82, 2.24) is 0 Å². The molecule has 0 bridgehead atoms. The summed E-state index contributed by atoms with van der Waals surface area (Å²) in [6, 6.07) is 7.82. The molecule has 1 aliphatic rings. The van der Waals surface area contributed by atoms with Gasteiger partial charge in [0.25, 0.3) is 0 Å². The molecule has 2 unspecified atom stereocenters. The Hall–Kier alpha value is -1.57. The van der Waals surface area contributed by atoms with Gasteiger partial charge in [-0.2, -0.15) is 0 Å². The van der Waals surface area contributed by atoms with Gasteiger partial charge in [0.2, 0.25) is 0 Å². The van der Waals surface area contributed by atoms with Crippen LogP contribution in [-0.4, -0.2) is 5.97 Å². The van der Waals surface area contributed by atoms with Crippen molar-refractivity contribution in [3.05, 3.63) is 41.5 Å². The van der Waals surface area contributed by atoms with Gasteiger partial charge in [-0.25, -0.2) is 0 Å². The predicted molar refractivity (Wildman–Crippen MR) is 86.4 cm³/mol. The van der Waals surface area contributed by atoms with Gasteiger partial charge in [-0.3, -0.25) is 4.79 Å². The van der Waals surface area contributed by atoms with E-state index in [1.807, 2.05) is 24.3 Å². The van der Waals surface area contributed by atoms with Crippen molar-refractivity contribution in [1.29, 1.82) is 0 Å². The second-order valence-electron chi connectivity index (χ2n) is 7.18. The quantitative estimate of drug-likeness (QED) is 0.444. The number of allylic oxidation sites excluding steroid dienone is 2. The zero-order valence-electron chi connectivity index (χ0n) is 13.9. The van der Waals surface area contributed by atoms with Crippen molar-refractivity contribution < 1.29 is 9.53 Å². The third kappa shape index (κ3) is 3.20. The molecule has 0 aromatic heterocycles. The molecular formula is C19H26O2. The van der Waals surface area contributed by atoms with Crippen LogP contribution in [0.15, 0.2) is 35.9 Å². The van der Waals surface area contributed by atoms with Crippen LogP contribution in [0.4, 0.5) is 0 Å². The van der Waals surface area contributed by atoms with E-state index >= 15 is 0 Å². The Morgan fingerprint density at radius 2 is 1.86 bits per heavy atom. The van der Waals surface area contributed by atoms with Crippen LogP contribution in [-0.2, 0) is 4.79 Å². The van der Waals surface area contributed by atoms with Gasteiger partial charge in [0.15, 0.2) is 0 Å². The van der Waals surface area contributed by atoms with E-state index in [1.165, 1.54) is 5.57 Å². The summed E-state index contributed by atoms with van der Waals surface area (Å²) in [4.78, 5) is 12.5. The van der Waals surface area contributed by atoms with Gasteiger partial charge >= 0.3 is 5.97 Å². The standard InChI is InChI=1S/C19H26O2/c1-12(2)11-15-17(19(15,5)6)18(20)21-16-10-8-7-9-14(16)13(3)4/h7-11,13,15,17H,1-6H3. The lowest BCUT2D eigenvalue weighted by Crippen LogP contribution is -2.15. The number of rotatable bonds is 4. The van der Waals surface area contributed by atoms with E-state index in [-0.39, 0.29) is 17.3 Å². The summed E-state index contributed by atoms with van der Waals surface area (Å²) in [5.41, 5.74) is 2.34. The first-order valence-corrected chi connectivity index (χ1v) is 7.70. The van der Waals surface area contributed by atoms with Crippen LogP contribution in [0.2, 0.25) is 0 Å². The molecule has 0 radical (unpaired) electrons. The molecule has 0 heterocycles. The average Bonchev–Trinajstić information content (AvgIpc) is 2.90. The Balaban J connectivity index is 2.15. The van der Waals surface area contributed by atoms with Crippen LogP contribution in [0.3, 0.4) is 0 Å². The van der Waals surface area contributed by atoms with Gasteiger partial charge in [-0.05, 0) is 42.7 Å². The van der Waals surface area contributed by atoms with Gasteiger partial charge in [0.1, 0.15) is 5.75 Å². The first-order chi connectivity index (χ1) is 9.75. The molecule has 2 rings (SSSR count). The normalized spacial score (nSPS) is 22.8. The third-order valence-electron chi connectivity index (χ3n) is 4.43. The number of para-hydroxylation sites is 1. The van der Waals surface area contributed by atoms with Crippen molar-refractivity contribution >= 4 is 5.97 Å². The van der Waals surface area contributed by atoms with Crippen molar-refractivity contribution in [3.8, 4) is 5.75 Å². The lowest BCUT2D eigenvalue weighted by molar-refractivity contribution is -0.136. The Bertz CT molecular complexity index is 563. The molecule has 1 aromatic carbocycles. The molecule has 0 saturated heterocycles. The van der Waals surface area contributed by atoms with E-state index in [0.717, 1.165) is 5.56 Å². The number of ether oxygens (including phenoxy) is 1. The summed E-state index contributed by atoms with van der Waals surface area (Å²) >= 11 is 0. The summed E-state index contributed by atoms with van der Waals surface area (Å²) in [6.07, 6.45) is 2.19. The average molecular weight is 286 g/mol. The topological polar surface area (TPSA) is 26.3 Å². The van der Waals surface area contributed by atoms with E-state index in [4.69, 9.17) is 4.74 Å². The molecular weight excluding hydrogens is 260 g/mol. The lowest BCUT2D eigenvalue weighted by Gasteiger charge is -2.12. The molecule has 0 aliphatic heterocycles. The first-order valence-electron chi connectivity index (χ1n) is 7.70. The molecule has 21 heavy (non-hydrogen) atoms. The number of carbonyl (C=O) groups excluding carboxylic acids is 1. The molecule has 0 N–H and O–H groups in total. The Morgan fingerprint density at radius 1 is 1.24 bits per heavy atom. The zero-order valence-corrected chi connectivity index (χ0v) is 13.9. The minimum Gasteiger partial charge on any atom is -0.426 e. The Morgan fingerprint density at radius 3 is 2.43 bits per heavy atom. The van der Waals surface area contributed by atoms with Gasteiger partial charge in [-0.15, -0.1) is 0 Å². The third-order valence-corrected chi connectivity index (χ3v) is 4.43. The second kappa shape index (κ2) is 5.67. The van der Waals surface area contributed by atoms with E-state index in [0.29, 0.717) is 17.6 Å². The number of hydrogen-bond acceptors (Lipinski definition) is 2. The highest BCUT2D eigenvalue weighted by Gasteiger charge is 2.61. The maximum atomic E-state index is 12.5. The Kier molecular flexibility index (Phi) is 4.27. The van der Waals surface area contributed by atoms with Crippen molar-refractivity contribution in [3.63, 3.8) is 0 Å². The molecule has 2 atom stereocenters. The van der Waals surface area contributed by atoms with Crippen LogP contribution in [0.25, 0.3) is 0 Å². The van der Waals surface area contributed by atoms with E-state index in [2.05, 4.69) is 47.6 Å². The molecule has 0 spiro atoms. The molecule has 2 heteroatoms. The Labute approximate surface area is 128 Å². The summed E-state index contributed by atoms with van der Waals surface area (Å²) in [5, 5.41) is 0. The summed E-state index contributed by atoms with van der Waals surface area (Å²) < 4.78 is 5.71. The fourth-order valence-electron chi connectivity index (χ4n) is 3.02. The van der Waals surface area contributed by atoms with Crippen LogP contribution in [0.1, 0.15) is 53.0 Å². The van der Waals surface area contributed by atoms with Crippen LogP contribution < -0.4 is 4.74 Å². The summed E-state index contributed by atoms with van der Waals surface area (Å²) in [6.45, 7) is 12.6. The van der Waals surface area contributed by atoms with Crippen molar-refractivity contribution in [2.75, 3.05) is 0 Å². The zero-order chi connectivity index (χ0) is 15.8. The predicted octanol–water partition coefficient (Wildman–Crippen LogP) is 4.95. The van der Waals surface area contributed by atoms with Crippen molar-refractivity contribution in [2.24, 2.45) is 17.3 Å². The molecule has 1 aromatic rings. The van der Waals surface area contributed by atoms with E-state index in [1.54, 1.807) is 0 Å². The maximum absolute atomic E-state index is 12.5. The largest absolute Gasteiger partial charge is 0.426 e. The molecule has 1 saturated carbocycles. The lowest BCUT2D eigenvalue weighted by atomic mass is 10.0. The highest BCUT2D eigenvalue weighted by Crippen LogP contribution is 2.59. The van der Waals surface area contributed by atoms with Gasteiger partial charge < -0.3 is 4.74 Å². The fraction of sp³-hybridized carbons (Fsp3) is 0.526. The minimum atomic E-state index is -0.101. The number of carbonyl (C=O) groups is 1.